The summed E-state index contributed by atoms with van der Waals surface area (Å²) in [6.45, 7) is 4.11. The number of benzene rings is 3. The van der Waals surface area contributed by atoms with E-state index >= 15 is 0 Å². The number of allylic oxidation sites excluding steroid dienone is 1. The number of halogens is 1. The number of hydrogen-bond acceptors (Lipinski definition) is 6. The van der Waals surface area contributed by atoms with Crippen LogP contribution in [0.25, 0.3) is 17.0 Å². The Morgan fingerprint density at radius 3 is 2.50 bits per heavy atom. The van der Waals surface area contributed by atoms with Crippen LogP contribution in [0.4, 0.5) is 0 Å². The van der Waals surface area contributed by atoms with Gasteiger partial charge in [0.25, 0.3) is 0 Å². The van der Waals surface area contributed by atoms with Crippen molar-refractivity contribution in [1.29, 1.82) is 0 Å². The number of rotatable bonds is 11. The van der Waals surface area contributed by atoms with E-state index in [4.69, 9.17) is 16.4 Å². The van der Waals surface area contributed by atoms with Crippen LogP contribution in [-0.2, 0) is 21.0 Å². The van der Waals surface area contributed by atoms with Gasteiger partial charge in [-0.1, -0.05) is 53.2 Å². The van der Waals surface area contributed by atoms with Crippen molar-refractivity contribution in [3.05, 3.63) is 106 Å². The van der Waals surface area contributed by atoms with Gasteiger partial charge in [-0.05, 0) is 73.4 Å². The van der Waals surface area contributed by atoms with Crippen LogP contribution in [0.15, 0.2) is 88.9 Å². The van der Waals surface area contributed by atoms with Gasteiger partial charge in [0.05, 0.1) is 0 Å². The number of ketones is 2. The number of hydrogen-bond donors (Lipinski definition) is 0. The highest BCUT2D eigenvalue weighted by molar-refractivity contribution is 7.99. The molecule has 1 aliphatic rings. The Balaban J connectivity index is 1.42. The molecule has 4 aromatic rings. The van der Waals surface area contributed by atoms with E-state index in [1.165, 1.54) is 6.92 Å². The second-order valence-electron chi connectivity index (χ2n) is 10.1. The molecule has 6 nitrogen and oxygen atoms in total. The SMILES string of the molecule is CCn1c2c(c3cc(C(=O)c4ccccc4)ccc31)C(CC(=O)C(CCSc1ccc(Cl)cc1)=NOC(C)=O)CC=C2. The van der Waals surface area contributed by atoms with Gasteiger partial charge in [0.2, 0.25) is 0 Å². The van der Waals surface area contributed by atoms with Crippen molar-refractivity contribution in [2.24, 2.45) is 5.16 Å². The van der Waals surface area contributed by atoms with Gasteiger partial charge >= 0.3 is 5.97 Å². The average Bonchev–Trinajstić information content (AvgIpc) is 3.33. The quantitative estimate of drug-likeness (QED) is 0.0573. The van der Waals surface area contributed by atoms with Gasteiger partial charge in [-0.25, -0.2) is 4.79 Å². The molecule has 8 heteroatoms. The number of aromatic nitrogens is 1. The van der Waals surface area contributed by atoms with Crippen molar-refractivity contribution in [1.82, 2.24) is 4.57 Å². The topological polar surface area (TPSA) is 77.7 Å². The minimum Gasteiger partial charge on any atom is -0.341 e. The van der Waals surface area contributed by atoms with Gasteiger partial charge in [0.1, 0.15) is 5.71 Å². The standard InChI is InChI=1S/C34H31ClN2O4S/c1-3-37-30-17-12-25(34(40)23-8-5-4-6-9-23)20-28(30)33-24(10-7-11-31(33)37)21-32(39)29(36-41-22(2)38)18-19-42-27-15-13-26(35)14-16-27/h4-9,11-17,20,24H,3,10,18-19,21H2,1-2H3. The Kier molecular flexibility index (Phi) is 9.40. The summed E-state index contributed by atoms with van der Waals surface area (Å²) in [6.07, 6.45) is 5.44. The molecular formula is C34H31ClN2O4S. The summed E-state index contributed by atoms with van der Waals surface area (Å²) in [5.41, 5.74) is 4.63. The summed E-state index contributed by atoms with van der Waals surface area (Å²) < 4.78 is 2.23. The molecular weight excluding hydrogens is 568 g/mol. The van der Waals surface area contributed by atoms with E-state index < -0.39 is 5.97 Å². The maximum Gasteiger partial charge on any atom is 0.331 e. The molecule has 0 N–H and O–H groups in total. The van der Waals surface area contributed by atoms with Crippen LogP contribution in [0.1, 0.15) is 66.2 Å². The fraction of sp³-hybridized carbons (Fsp3) is 0.235. The van der Waals surface area contributed by atoms with Gasteiger partial charge in [-0.3, -0.25) is 9.59 Å². The molecule has 42 heavy (non-hydrogen) atoms. The van der Waals surface area contributed by atoms with Crippen LogP contribution >= 0.6 is 23.4 Å². The predicted molar refractivity (Wildman–Crippen MR) is 169 cm³/mol. The number of Topliss-reactive ketones (excluding diaryl/α,β-unsaturated/α-hetero) is 1. The summed E-state index contributed by atoms with van der Waals surface area (Å²) in [5, 5.41) is 5.60. The first kappa shape index (κ1) is 29.5. The Morgan fingerprint density at radius 1 is 1.02 bits per heavy atom. The number of fused-ring (bicyclic) bond motifs is 3. The molecule has 1 unspecified atom stereocenters. The maximum absolute atomic E-state index is 13.7. The zero-order valence-corrected chi connectivity index (χ0v) is 25.1. The van der Waals surface area contributed by atoms with E-state index in [1.54, 1.807) is 11.8 Å². The lowest BCUT2D eigenvalue weighted by Gasteiger charge is -2.20. The highest BCUT2D eigenvalue weighted by atomic mass is 35.5. The van der Waals surface area contributed by atoms with Crippen LogP contribution in [0, 0.1) is 0 Å². The first-order chi connectivity index (χ1) is 20.4. The molecule has 0 saturated heterocycles. The lowest BCUT2D eigenvalue weighted by atomic mass is 9.84. The summed E-state index contributed by atoms with van der Waals surface area (Å²) in [5.74, 6) is -0.295. The summed E-state index contributed by atoms with van der Waals surface area (Å²) in [7, 11) is 0. The molecule has 0 bridgehead atoms. The molecule has 0 saturated carbocycles. The number of nitrogens with zero attached hydrogens (tertiary/aromatic N) is 2. The van der Waals surface area contributed by atoms with Gasteiger partial charge in [-0.2, -0.15) is 0 Å². The zero-order valence-electron chi connectivity index (χ0n) is 23.5. The number of oxime groups is 1. The predicted octanol–water partition coefficient (Wildman–Crippen LogP) is 8.11. The normalized spacial score (nSPS) is 14.5. The van der Waals surface area contributed by atoms with Crippen molar-refractivity contribution in [3.63, 3.8) is 0 Å². The monoisotopic (exact) mass is 598 g/mol. The summed E-state index contributed by atoms with van der Waals surface area (Å²) >= 11 is 7.57. The maximum atomic E-state index is 13.7. The van der Waals surface area contributed by atoms with E-state index in [0.717, 1.165) is 33.6 Å². The molecule has 1 aromatic heterocycles. The first-order valence-electron chi connectivity index (χ1n) is 13.9. The third kappa shape index (κ3) is 6.58. The Labute approximate surface area is 254 Å². The third-order valence-corrected chi connectivity index (χ3v) is 8.59. The molecule has 1 heterocycles. The zero-order chi connectivity index (χ0) is 29.6. The van der Waals surface area contributed by atoms with Crippen LogP contribution in [0.2, 0.25) is 5.02 Å². The smallest absolute Gasteiger partial charge is 0.331 e. The van der Waals surface area contributed by atoms with Gasteiger partial charge in [-0.15, -0.1) is 11.8 Å². The summed E-state index contributed by atoms with van der Waals surface area (Å²) in [6, 6.07) is 22.6. The molecule has 1 atom stereocenters. The number of carbonyl (C=O) groups excluding carboxylic acids is 3. The minimum absolute atomic E-state index is 0.0385. The Morgan fingerprint density at radius 2 is 1.79 bits per heavy atom. The van der Waals surface area contributed by atoms with Crippen LogP contribution in [-0.4, -0.2) is 33.6 Å². The van der Waals surface area contributed by atoms with E-state index in [0.29, 0.717) is 34.7 Å². The third-order valence-electron chi connectivity index (χ3n) is 7.32. The van der Waals surface area contributed by atoms with Gasteiger partial charge < -0.3 is 9.40 Å². The fourth-order valence-electron chi connectivity index (χ4n) is 5.39. The van der Waals surface area contributed by atoms with E-state index in [2.05, 4.69) is 28.8 Å². The lowest BCUT2D eigenvalue weighted by Crippen LogP contribution is -2.20. The van der Waals surface area contributed by atoms with Crippen LogP contribution in [0.3, 0.4) is 0 Å². The minimum atomic E-state index is -0.574. The molecule has 0 fully saturated rings. The number of aryl methyl sites for hydroxylation is 1. The second kappa shape index (κ2) is 13.4. The Bertz CT molecular complexity index is 1690. The summed E-state index contributed by atoms with van der Waals surface area (Å²) in [4.78, 5) is 44.4. The molecule has 0 radical (unpaired) electrons. The van der Waals surface area contributed by atoms with Gasteiger partial charge in [0, 0.05) is 69.7 Å². The van der Waals surface area contributed by atoms with Crippen LogP contribution in [0.5, 0.6) is 0 Å². The molecule has 0 aliphatic heterocycles. The van der Waals surface area contributed by atoms with E-state index in [-0.39, 0.29) is 29.6 Å². The molecule has 5 rings (SSSR count). The molecule has 214 valence electrons. The second-order valence-corrected chi connectivity index (χ2v) is 11.7. The Hall–Kier alpha value is -3.94. The van der Waals surface area contributed by atoms with E-state index in [9.17, 15) is 14.4 Å². The van der Waals surface area contributed by atoms with Gasteiger partial charge in [0.15, 0.2) is 11.6 Å². The fourth-order valence-corrected chi connectivity index (χ4v) is 6.37. The van der Waals surface area contributed by atoms with Crippen LogP contribution < -0.4 is 0 Å². The number of thioether (sulfide) groups is 1. The molecule has 3 aromatic carbocycles. The first-order valence-corrected chi connectivity index (χ1v) is 15.3. The number of carbonyl (C=O) groups is 3. The van der Waals surface area contributed by atoms with Crippen molar-refractivity contribution in [2.75, 3.05) is 5.75 Å². The van der Waals surface area contributed by atoms with Crippen molar-refractivity contribution >= 4 is 63.6 Å². The van der Waals surface area contributed by atoms with E-state index in [1.807, 2.05) is 72.8 Å². The largest absolute Gasteiger partial charge is 0.341 e. The lowest BCUT2D eigenvalue weighted by molar-refractivity contribution is -0.141. The highest BCUT2D eigenvalue weighted by Gasteiger charge is 2.28. The highest BCUT2D eigenvalue weighted by Crippen LogP contribution is 2.40. The molecule has 0 amide bonds. The van der Waals surface area contributed by atoms with Crippen molar-refractivity contribution < 1.29 is 19.2 Å². The average molecular weight is 599 g/mol. The molecule has 0 spiro atoms. The van der Waals surface area contributed by atoms with Crippen molar-refractivity contribution in [3.8, 4) is 0 Å². The molecule has 1 aliphatic carbocycles. The van der Waals surface area contributed by atoms with Crippen molar-refractivity contribution in [2.45, 2.75) is 50.5 Å².